The lowest BCUT2D eigenvalue weighted by Crippen LogP contribution is -2.21. The quantitative estimate of drug-likeness (QED) is 0.827. The molecule has 17 heavy (non-hydrogen) atoms. The molecule has 10 heteroatoms. The molecule has 0 aliphatic rings. The minimum Gasteiger partial charge on any atom is -0.468 e. The zero-order valence-corrected chi connectivity index (χ0v) is 7.93. The van der Waals surface area contributed by atoms with E-state index < -0.39 is 36.5 Å². The van der Waals surface area contributed by atoms with E-state index in [1.807, 2.05) is 0 Å². The van der Waals surface area contributed by atoms with Gasteiger partial charge >= 0.3 is 12.4 Å². The number of hydrogen-bond acceptors (Lipinski definition) is 4. The van der Waals surface area contributed by atoms with Gasteiger partial charge < -0.3 is 10.5 Å². The summed E-state index contributed by atoms with van der Waals surface area (Å²) in [5.41, 5.74) is 4.98. The van der Waals surface area contributed by atoms with Crippen LogP contribution in [0.2, 0.25) is 0 Å². The number of hydrogen-bond donors (Lipinski definition) is 1. The first-order valence-corrected chi connectivity index (χ1v) is 3.99. The molecule has 0 spiro atoms. The van der Waals surface area contributed by atoms with Crippen molar-refractivity contribution in [3.05, 3.63) is 11.9 Å². The largest absolute Gasteiger partial charge is 0.468 e. The third-order valence-electron chi connectivity index (χ3n) is 1.36. The van der Waals surface area contributed by atoms with Gasteiger partial charge in [-0.2, -0.15) is 31.3 Å². The van der Waals surface area contributed by atoms with Crippen LogP contribution in [0.5, 0.6) is 5.88 Å². The van der Waals surface area contributed by atoms with Crippen LogP contribution >= 0.6 is 0 Å². The van der Waals surface area contributed by atoms with Crippen LogP contribution in [0.15, 0.2) is 6.07 Å². The maximum absolute atomic E-state index is 12.2. The van der Waals surface area contributed by atoms with E-state index in [1.165, 1.54) is 0 Å². The number of nitrogens with zero attached hydrogens (tertiary/aromatic N) is 2. The molecular weight excluding hydrogens is 256 g/mol. The Balaban J connectivity index is 2.91. The van der Waals surface area contributed by atoms with Crippen LogP contribution in [-0.2, 0) is 6.18 Å². The van der Waals surface area contributed by atoms with Gasteiger partial charge in [0, 0.05) is 6.07 Å². The van der Waals surface area contributed by atoms with Crippen molar-refractivity contribution in [1.82, 2.24) is 9.97 Å². The minimum absolute atomic E-state index is 0.635. The molecule has 1 rings (SSSR count). The van der Waals surface area contributed by atoms with Crippen molar-refractivity contribution in [2.24, 2.45) is 0 Å². The van der Waals surface area contributed by atoms with E-state index in [0.717, 1.165) is 0 Å². The maximum Gasteiger partial charge on any atom is 0.451 e. The molecule has 0 fully saturated rings. The molecule has 0 amide bonds. The van der Waals surface area contributed by atoms with E-state index in [1.54, 1.807) is 0 Å². The van der Waals surface area contributed by atoms with E-state index in [-0.39, 0.29) is 0 Å². The Morgan fingerprint density at radius 2 is 1.71 bits per heavy atom. The minimum atomic E-state index is -4.91. The third kappa shape index (κ3) is 4.33. The van der Waals surface area contributed by atoms with Gasteiger partial charge in [0.2, 0.25) is 11.7 Å². The molecule has 0 bridgehead atoms. The van der Waals surface area contributed by atoms with Crippen molar-refractivity contribution in [2.45, 2.75) is 12.4 Å². The molecule has 0 saturated carbocycles. The molecule has 0 aliphatic carbocycles. The second-order valence-corrected chi connectivity index (χ2v) is 2.86. The van der Waals surface area contributed by atoms with E-state index in [9.17, 15) is 26.3 Å². The summed E-state index contributed by atoms with van der Waals surface area (Å²) in [5.74, 6) is -3.18. The highest BCUT2D eigenvalue weighted by molar-refractivity contribution is 5.33. The number of halogens is 6. The first kappa shape index (κ1) is 13.3. The second-order valence-electron chi connectivity index (χ2n) is 2.86. The van der Waals surface area contributed by atoms with Gasteiger partial charge in [0.05, 0.1) is 0 Å². The number of alkyl halides is 6. The molecule has 2 N–H and O–H groups in total. The Morgan fingerprint density at radius 3 is 2.18 bits per heavy atom. The highest BCUT2D eigenvalue weighted by atomic mass is 19.4. The molecule has 0 aliphatic heterocycles. The number of ether oxygens (including phenoxy) is 1. The smallest absolute Gasteiger partial charge is 0.451 e. The molecule has 0 saturated heterocycles. The lowest BCUT2D eigenvalue weighted by atomic mass is 10.5. The normalized spacial score (nSPS) is 12.6. The van der Waals surface area contributed by atoms with Gasteiger partial charge in [0.15, 0.2) is 6.61 Å². The molecule has 0 atom stereocenters. The van der Waals surface area contributed by atoms with Crippen LogP contribution in [0.25, 0.3) is 0 Å². The van der Waals surface area contributed by atoms with Gasteiger partial charge in [0.1, 0.15) is 5.82 Å². The maximum atomic E-state index is 12.2. The van der Waals surface area contributed by atoms with Gasteiger partial charge in [-0.05, 0) is 0 Å². The molecule has 4 nitrogen and oxygen atoms in total. The lowest BCUT2D eigenvalue weighted by Gasteiger charge is -2.10. The number of nitrogens with two attached hydrogens (primary N) is 1. The molecular formula is C7H5F6N3O. The Bertz CT molecular complexity index is 402. The average Bonchev–Trinajstić information content (AvgIpc) is 2.11. The number of nitrogen functional groups attached to an aromatic ring is 1. The van der Waals surface area contributed by atoms with Gasteiger partial charge in [-0.25, -0.2) is 4.98 Å². The molecule has 0 aromatic carbocycles. The summed E-state index contributed by atoms with van der Waals surface area (Å²) in [5, 5.41) is 0. The molecule has 1 aromatic heterocycles. The van der Waals surface area contributed by atoms with Crippen LogP contribution in [0.1, 0.15) is 5.82 Å². The van der Waals surface area contributed by atoms with E-state index >= 15 is 0 Å². The Hall–Kier alpha value is -1.74. The summed E-state index contributed by atoms with van der Waals surface area (Å²) in [6.45, 7) is -1.76. The lowest BCUT2D eigenvalue weighted by molar-refractivity contribution is -0.155. The number of aromatic nitrogens is 2. The Kier molecular flexibility index (Phi) is 3.34. The first-order valence-electron chi connectivity index (χ1n) is 3.99. The summed E-state index contributed by atoms with van der Waals surface area (Å²) in [4.78, 5) is 5.60. The van der Waals surface area contributed by atoms with Gasteiger partial charge in [-0.1, -0.05) is 0 Å². The molecule has 1 heterocycles. The Labute approximate surface area is 90.4 Å². The van der Waals surface area contributed by atoms with Crippen molar-refractivity contribution >= 4 is 5.82 Å². The zero-order chi connectivity index (χ0) is 13.3. The zero-order valence-electron chi connectivity index (χ0n) is 7.93. The summed E-state index contributed by atoms with van der Waals surface area (Å²) in [6, 6.07) is 0.668. The topological polar surface area (TPSA) is 61.0 Å². The Morgan fingerprint density at radius 1 is 1.12 bits per heavy atom. The SMILES string of the molecule is Nc1cc(OCC(F)(F)F)nc(C(F)(F)F)n1. The van der Waals surface area contributed by atoms with Crippen molar-refractivity contribution in [2.75, 3.05) is 12.3 Å². The standard InChI is InChI=1S/C7H5F6N3O/c8-6(9,10)2-17-4-1-3(14)15-5(16-4)7(11,12)13/h1H,2H2,(H2,14,15,16). The van der Waals surface area contributed by atoms with Crippen molar-refractivity contribution < 1.29 is 31.1 Å². The highest BCUT2D eigenvalue weighted by Gasteiger charge is 2.36. The number of anilines is 1. The summed E-state index contributed by atoms with van der Waals surface area (Å²) < 4.78 is 75.8. The fraction of sp³-hybridized carbons (Fsp3) is 0.429. The molecule has 1 aromatic rings. The van der Waals surface area contributed by atoms with Gasteiger partial charge in [0.25, 0.3) is 0 Å². The average molecular weight is 261 g/mol. The molecule has 0 unspecified atom stereocenters. The summed E-state index contributed by atoms with van der Waals surface area (Å²) in [7, 11) is 0. The van der Waals surface area contributed by atoms with E-state index in [4.69, 9.17) is 5.73 Å². The first-order chi connectivity index (χ1) is 7.58. The van der Waals surface area contributed by atoms with Crippen LogP contribution < -0.4 is 10.5 Å². The van der Waals surface area contributed by atoms with Crippen LogP contribution in [0.3, 0.4) is 0 Å². The van der Waals surface area contributed by atoms with Gasteiger partial charge in [-0.3, -0.25) is 0 Å². The monoisotopic (exact) mass is 261 g/mol. The fourth-order valence-electron chi connectivity index (χ4n) is 0.799. The number of rotatable bonds is 2. The van der Waals surface area contributed by atoms with Crippen molar-refractivity contribution in [1.29, 1.82) is 0 Å². The predicted molar refractivity (Wildman–Crippen MR) is 43.0 cm³/mol. The third-order valence-corrected chi connectivity index (χ3v) is 1.36. The molecule has 0 radical (unpaired) electrons. The van der Waals surface area contributed by atoms with Gasteiger partial charge in [-0.15, -0.1) is 0 Å². The van der Waals surface area contributed by atoms with Crippen LogP contribution in [-0.4, -0.2) is 22.8 Å². The predicted octanol–water partition coefficient (Wildman–Crippen LogP) is 2.02. The summed E-state index contributed by atoms with van der Waals surface area (Å²) in [6.07, 6.45) is -9.59. The van der Waals surface area contributed by atoms with E-state index in [2.05, 4.69) is 14.7 Å². The van der Waals surface area contributed by atoms with Crippen molar-refractivity contribution in [3.63, 3.8) is 0 Å². The highest BCUT2D eigenvalue weighted by Crippen LogP contribution is 2.28. The van der Waals surface area contributed by atoms with Crippen LogP contribution in [0, 0.1) is 0 Å². The summed E-state index contributed by atoms with van der Waals surface area (Å²) >= 11 is 0. The van der Waals surface area contributed by atoms with E-state index in [0.29, 0.717) is 6.07 Å². The second kappa shape index (κ2) is 4.26. The van der Waals surface area contributed by atoms with Crippen LogP contribution in [0.4, 0.5) is 32.2 Å². The molecule has 96 valence electrons. The fourth-order valence-corrected chi connectivity index (χ4v) is 0.799. The van der Waals surface area contributed by atoms with Crippen molar-refractivity contribution in [3.8, 4) is 5.88 Å².